The summed E-state index contributed by atoms with van der Waals surface area (Å²) in [5, 5.41) is 4.65. The number of fused-ring (bicyclic) bond motifs is 5. The SMILES string of the molecule is c1ccc(-c2ncc3c(n2)-n2c(cc4ccccc42)CN3)cc1. The van der Waals surface area contributed by atoms with Gasteiger partial charge in [0.1, 0.15) is 0 Å². The molecule has 0 unspecified atom stereocenters. The lowest BCUT2D eigenvalue weighted by atomic mass is 10.2. The summed E-state index contributed by atoms with van der Waals surface area (Å²) >= 11 is 0. The van der Waals surface area contributed by atoms with Crippen LogP contribution in [0.2, 0.25) is 0 Å². The third-order valence-corrected chi connectivity index (χ3v) is 4.26. The van der Waals surface area contributed by atoms with E-state index < -0.39 is 0 Å². The van der Waals surface area contributed by atoms with Crippen molar-refractivity contribution in [2.45, 2.75) is 6.54 Å². The van der Waals surface area contributed by atoms with Gasteiger partial charge in [-0.05, 0) is 12.1 Å². The highest BCUT2D eigenvalue weighted by molar-refractivity contribution is 5.85. The van der Waals surface area contributed by atoms with Crippen molar-refractivity contribution in [2.75, 3.05) is 5.32 Å². The number of nitrogens with one attached hydrogen (secondary N) is 1. The summed E-state index contributed by atoms with van der Waals surface area (Å²) in [6, 6.07) is 20.7. The highest BCUT2D eigenvalue weighted by atomic mass is 15.2. The molecule has 0 saturated heterocycles. The monoisotopic (exact) mass is 298 g/mol. The zero-order valence-corrected chi connectivity index (χ0v) is 12.4. The van der Waals surface area contributed by atoms with E-state index in [1.807, 2.05) is 36.5 Å². The highest BCUT2D eigenvalue weighted by Crippen LogP contribution is 2.32. The molecule has 0 aliphatic carbocycles. The van der Waals surface area contributed by atoms with E-state index in [1.165, 1.54) is 16.6 Å². The molecule has 0 atom stereocenters. The molecule has 3 heterocycles. The quantitative estimate of drug-likeness (QED) is 0.577. The second-order valence-electron chi connectivity index (χ2n) is 5.68. The molecular formula is C19H14N4. The van der Waals surface area contributed by atoms with Crippen molar-refractivity contribution in [1.29, 1.82) is 0 Å². The van der Waals surface area contributed by atoms with E-state index in [0.29, 0.717) is 0 Å². The van der Waals surface area contributed by atoms with E-state index in [4.69, 9.17) is 4.98 Å². The summed E-state index contributed by atoms with van der Waals surface area (Å²) in [5.74, 6) is 1.66. The molecular weight excluding hydrogens is 284 g/mol. The minimum absolute atomic E-state index is 0.747. The normalized spacial score (nSPS) is 12.5. The van der Waals surface area contributed by atoms with Gasteiger partial charge in [-0.1, -0.05) is 48.5 Å². The van der Waals surface area contributed by atoms with Gasteiger partial charge in [0.25, 0.3) is 0 Å². The zero-order chi connectivity index (χ0) is 15.2. The van der Waals surface area contributed by atoms with Gasteiger partial charge in [-0.3, -0.25) is 4.57 Å². The van der Waals surface area contributed by atoms with Crippen LogP contribution in [0.5, 0.6) is 0 Å². The van der Waals surface area contributed by atoms with Crippen LogP contribution in [-0.4, -0.2) is 14.5 Å². The molecule has 1 N–H and O–H groups in total. The molecule has 1 aliphatic heterocycles. The Morgan fingerprint density at radius 1 is 0.957 bits per heavy atom. The number of aromatic nitrogens is 3. The molecule has 2 aromatic carbocycles. The van der Waals surface area contributed by atoms with Crippen LogP contribution in [0.1, 0.15) is 5.69 Å². The van der Waals surface area contributed by atoms with Crippen LogP contribution >= 0.6 is 0 Å². The molecule has 1 aliphatic rings. The van der Waals surface area contributed by atoms with Gasteiger partial charge in [0.15, 0.2) is 11.6 Å². The van der Waals surface area contributed by atoms with Crippen LogP contribution in [0.15, 0.2) is 66.9 Å². The maximum absolute atomic E-state index is 4.84. The average Bonchev–Trinajstić information content (AvgIpc) is 3.01. The van der Waals surface area contributed by atoms with Crippen molar-refractivity contribution < 1.29 is 0 Å². The van der Waals surface area contributed by atoms with Gasteiger partial charge in [-0.15, -0.1) is 0 Å². The summed E-state index contributed by atoms with van der Waals surface area (Å²) in [7, 11) is 0. The lowest BCUT2D eigenvalue weighted by Crippen LogP contribution is -2.16. The summed E-state index contributed by atoms with van der Waals surface area (Å²) in [6.45, 7) is 0.787. The predicted octanol–water partition coefficient (Wildman–Crippen LogP) is 4.01. The Morgan fingerprint density at radius 2 is 1.78 bits per heavy atom. The molecule has 4 nitrogen and oxygen atoms in total. The maximum Gasteiger partial charge on any atom is 0.165 e. The van der Waals surface area contributed by atoms with Crippen molar-refractivity contribution in [3.05, 3.63) is 72.6 Å². The Balaban J connectivity index is 1.77. The standard InChI is InChI=1S/C19H14N4/c1-2-6-13(7-3-1)18-21-12-16-19(22-18)23-15(11-20-16)10-14-8-4-5-9-17(14)23/h1-10,12,20H,11H2. The van der Waals surface area contributed by atoms with Gasteiger partial charge in [0, 0.05) is 16.6 Å². The molecule has 0 radical (unpaired) electrons. The molecule has 0 saturated carbocycles. The maximum atomic E-state index is 4.84. The van der Waals surface area contributed by atoms with Gasteiger partial charge in [-0.2, -0.15) is 0 Å². The number of para-hydroxylation sites is 1. The van der Waals surface area contributed by atoms with Crippen molar-refractivity contribution in [3.63, 3.8) is 0 Å². The van der Waals surface area contributed by atoms with Crippen LogP contribution in [0.25, 0.3) is 28.1 Å². The van der Waals surface area contributed by atoms with Crippen molar-refractivity contribution in [3.8, 4) is 17.2 Å². The first kappa shape index (κ1) is 12.4. The number of hydrogen-bond acceptors (Lipinski definition) is 3. The van der Waals surface area contributed by atoms with Gasteiger partial charge >= 0.3 is 0 Å². The predicted molar refractivity (Wildman–Crippen MR) is 91.6 cm³/mol. The van der Waals surface area contributed by atoms with Crippen LogP contribution < -0.4 is 5.32 Å². The summed E-state index contributed by atoms with van der Waals surface area (Å²) in [5.41, 5.74) is 4.40. The van der Waals surface area contributed by atoms with E-state index in [1.54, 1.807) is 0 Å². The van der Waals surface area contributed by atoms with Crippen molar-refractivity contribution in [2.24, 2.45) is 0 Å². The molecule has 4 heteroatoms. The number of benzene rings is 2. The summed E-state index contributed by atoms with van der Waals surface area (Å²) < 4.78 is 2.23. The Bertz CT molecular complexity index is 1020. The van der Waals surface area contributed by atoms with Crippen LogP contribution in [0.4, 0.5) is 5.69 Å². The minimum Gasteiger partial charge on any atom is -0.375 e. The zero-order valence-electron chi connectivity index (χ0n) is 12.4. The van der Waals surface area contributed by atoms with E-state index in [9.17, 15) is 0 Å². The molecule has 5 rings (SSSR count). The first-order chi connectivity index (χ1) is 11.4. The van der Waals surface area contributed by atoms with Gasteiger partial charge < -0.3 is 5.32 Å². The number of rotatable bonds is 1. The largest absolute Gasteiger partial charge is 0.375 e. The average molecular weight is 298 g/mol. The molecule has 0 spiro atoms. The highest BCUT2D eigenvalue weighted by Gasteiger charge is 2.20. The molecule has 110 valence electrons. The number of nitrogens with zero attached hydrogens (tertiary/aromatic N) is 3. The second-order valence-corrected chi connectivity index (χ2v) is 5.68. The lowest BCUT2D eigenvalue weighted by Gasteiger charge is -2.21. The Labute approximate surface area is 133 Å². The molecule has 23 heavy (non-hydrogen) atoms. The molecule has 2 aromatic heterocycles. The van der Waals surface area contributed by atoms with Crippen molar-refractivity contribution >= 4 is 16.6 Å². The smallest absolute Gasteiger partial charge is 0.165 e. The molecule has 0 amide bonds. The Kier molecular flexibility index (Phi) is 2.52. The van der Waals surface area contributed by atoms with E-state index in [2.05, 4.69) is 45.2 Å². The van der Waals surface area contributed by atoms with Gasteiger partial charge in [0.2, 0.25) is 0 Å². The lowest BCUT2D eigenvalue weighted by molar-refractivity contribution is 0.886. The fourth-order valence-electron chi connectivity index (χ4n) is 3.17. The molecule has 4 aromatic rings. The number of hydrogen-bond donors (Lipinski definition) is 1. The van der Waals surface area contributed by atoms with Crippen LogP contribution in [0.3, 0.4) is 0 Å². The number of anilines is 1. The third kappa shape index (κ3) is 1.85. The topological polar surface area (TPSA) is 42.7 Å². The summed E-state index contributed by atoms with van der Waals surface area (Å²) in [4.78, 5) is 9.35. The molecule has 0 bridgehead atoms. The van der Waals surface area contributed by atoms with E-state index in [-0.39, 0.29) is 0 Å². The van der Waals surface area contributed by atoms with E-state index in [0.717, 1.165) is 29.4 Å². The Morgan fingerprint density at radius 3 is 2.70 bits per heavy atom. The van der Waals surface area contributed by atoms with E-state index >= 15 is 0 Å². The summed E-state index contributed by atoms with van der Waals surface area (Å²) in [6.07, 6.45) is 1.88. The third-order valence-electron chi connectivity index (χ3n) is 4.26. The van der Waals surface area contributed by atoms with Crippen LogP contribution in [0, 0.1) is 0 Å². The second kappa shape index (κ2) is 4.68. The Hall–Kier alpha value is -3.14. The first-order valence-corrected chi connectivity index (χ1v) is 7.66. The fraction of sp³-hybridized carbons (Fsp3) is 0.0526. The van der Waals surface area contributed by atoms with Gasteiger partial charge in [0.05, 0.1) is 23.9 Å². The fourth-order valence-corrected chi connectivity index (χ4v) is 3.17. The first-order valence-electron chi connectivity index (χ1n) is 7.66. The minimum atomic E-state index is 0.747. The van der Waals surface area contributed by atoms with Gasteiger partial charge in [-0.25, -0.2) is 9.97 Å². The van der Waals surface area contributed by atoms with Crippen LogP contribution in [-0.2, 0) is 6.54 Å². The molecule has 0 fully saturated rings. The van der Waals surface area contributed by atoms with Crippen molar-refractivity contribution in [1.82, 2.24) is 14.5 Å².